The minimum atomic E-state index is -0.670. The lowest BCUT2D eigenvalue weighted by molar-refractivity contribution is -0.123. The molecule has 3 rings (SSSR count). The second kappa shape index (κ2) is 5.00. The van der Waals surface area contributed by atoms with Crippen LogP contribution in [0.15, 0.2) is 30.6 Å². The van der Waals surface area contributed by atoms with Gasteiger partial charge in [0, 0.05) is 17.1 Å². The molecule has 0 unspecified atom stereocenters. The lowest BCUT2D eigenvalue weighted by atomic mass is 9.77. The molecule has 1 fully saturated rings. The fourth-order valence-corrected chi connectivity index (χ4v) is 2.50. The van der Waals surface area contributed by atoms with Crippen LogP contribution in [0.1, 0.15) is 30.7 Å². The van der Waals surface area contributed by atoms with E-state index in [9.17, 15) is 4.79 Å². The lowest BCUT2D eigenvalue weighted by Crippen LogP contribution is -2.56. The number of anilines is 1. The van der Waals surface area contributed by atoms with Crippen LogP contribution in [0.5, 0.6) is 0 Å². The fourth-order valence-electron chi connectivity index (χ4n) is 2.50. The van der Waals surface area contributed by atoms with Crippen molar-refractivity contribution in [2.24, 2.45) is 5.73 Å². The van der Waals surface area contributed by atoms with E-state index in [1.165, 1.54) is 0 Å². The zero-order valence-corrected chi connectivity index (χ0v) is 12.4. The van der Waals surface area contributed by atoms with Crippen LogP contribution in [0.25, 0.3) is 5.69 Å². The van der Waals surface area contributed by atoms with Gasteiger partial charge in [-0.2, -0.15) is 0 Å². The van der Waals surface area contributed by atoms with Gasteiger partial charge in [0.25, 0.3) is 0 Å². The first-order chi connectivity index (χ1) is 9.99. The Kier molecular flexibility index (Phi) is 3.29. The Labute approximate surface area is 124 Å². The van der Waals surface area contributed by atoms with Gasteiger partial charge in [-0.15, -0.1) is 0 Å². The first-order valence-corrected chi connectivity index (χ1v) is 7.21. The van der Waals surface area contributed by atoms with Crippen LogP contribution in [-0.4, -0.2) is 21.0 Å². The number of aryl methyl sites for hydroxylation is 1. The fraction of sp³-hybridized carbons (Fsp3) is 0.375. The number of nitrogens with two attached hydrogens (primary N) is 1. The van der Waals surface area contributed by atoms with E-state index in [-0.39, 0.29) is 5.91 Å². The minimum absolute atomic E-state index is 0.0869. The number of imidazole rings is 1. The smallest absolute Gasteiger partial charge is 0.244 e. The van der Waals surface area contributed by atoms with E-state index in [2.05, 4.69) is 10.3 Å². The number of aromatic nitrogens is 2. The Morgan fingerprint density at radius 1 is 1.29 bits per heavy atom. The molecule has 1 aliphatic rings. The Morgan fingerprint density at radius 3 is 2.43 bits per heavy atom. The maximum absolute atomic E-state index is 12.1. The van der Waals surface area contributed by atoms with Crippen LogP contribution < -0.4 is 11.1 Å². The second-order valence-corrected chi connectivity index (χ2v) is 5.80. The summed E-state index contributed by atoms with van der Waals surface area (Å²) in [6, 6.07) is 7.72. The largest absolute Gasteiger partial charge is 0.324 e. The second-order valence-electron chi connectivity index (χ2n) is 5.80. The maximum Gasteiger partial charge on any atom is 0.244 e. The average molecular weight is 284 g/mol. The Bertz CT molecular complexity index is 668. The summed E-state index contributed by atoms with van der Waals surface area (Å²) in [5, 5.41) is 2.89. The minimum Gasteiger partial charge on any atom is -0.324 e. The number of nitrogens with zero attached hydrogens (tertiary/aromatic N) is 2. The van der Waals surface area contributed by atoms with Gasteiger partial charge in [0.05, 0.1) is 17.6 Å². The number of benzene rings is 1. The van der Waals surface area contributed by atoms with Gasteiger partial charge in [-0.25, -0.2) is 4.98 Å². The van der Waals surface area contributed by atoms with Crippen molar-refractivity contribution in [1.29, 1.82) is 0 Å². The number of carbonyl (C=O) groups excluding carboxylic acids is 1. The van der Waals surface area contributed by atoms with E-state index in [0.717, 1.165) is 42.0 Å². The Balaban J connectivity index is 1.75. The molecule has 0 radical (unpaired) electrons. The van der Waals surface area contributed by atoms with Crippen molar-refractivity contribution in [2.45, 2.75) is 38.6 Å². The summed E-state index contributed by atoms with van der Waals surface area (Å²) >= 11 is 0. The first kappa shape index (κ1) is 13.8. The summed E-state index contributed by atoms with van der Waals surface area (Å²) in [6.07, 6.45) is 4.37. The summed E-state index contributed by atoms with van der Waals surface area (Å²) in [5.74, 6) is -0.0869. The summed E-state index contributed by atoms with van der Waals surface area (Å²) < 4.78 is 2.03. The maximum atomic E-state index is 12.1. The van der Waals surface area contributed by atoms with Crippen LogP contribution in [0.2, 0.25) is 0 Å². The Hall–Kier alpha value is -2.14. The molecule has 0 saturated heterocycles. The third-order valence-electron chi connectivity index (χ3n) is 4.35. The highest BCUT2D eigenvalue weighted by atomic mass is 16.2. The van der Waals surface area contributed by atoms with Gasteiger partial charge in [0.2, 0.25) is 5.91 Å². The number of amides is 1. The number of nitrogens with one attached hydrogen (secondary N) is 1. The predicted octanol–water partition coefficient (Wildman–Crippen LogP) is 2.31. The van der Waals surface area contributed by atoms with Crippen molar-refractivity contribution in [2.75, 3.05) is 5.32 Å². The van der Waals surface area contributed by atoms with Crippen LogP contribution in [0, 0.1) is 13.8 Å². The highest BCUT2D eigenvalue weighted by molar-refractivity contribution is 5.98. The molecule has 3 N–H and O–H groups in total. The highest BCUT2D eigenvalue weighted by Gasteiger charge is 2.40. The molecule has 1 saturated carbocycles. The summed E-state index contributed by atoms with van der Waals surface area (Å²) in [4.78, 5) is 16.4. The van der Waals surface area contributed by atoms with Crippen LogP contribution in [0.3, 0.4) is 0 Å². The molecule has 1 amide bonds. The highest BCUT2D eigenvalue weighted by Crippen LogP contribution is 2.30. The van der Waals surface area contributed by atoms with Crippen LogP contribution >= 0.6 is 0 Å². The van der Waals surface area contributed by atoms with Gasteiger partial charge in [0.15, 0.2) is 0 Å². The molecule has 0 aliphatic heterocycles. The number of carbonyl (C=O) groups is 1. The van der Waals surface area contributed by atoms with Crippen molar-refractivity contribution in [3.8, 4) is 5.69 Å². The van der Waals surface area contributed by atoms with Gasteiger partial charge in [-0.1, -0.05) is 0 Å². The molecule has 0 spiro atoms. The third kappa shape index (κ3) is 2.45. The van der Waals surface area contributed by atoms with E-state index in [1.807, 2.05) is 49.0 Å². The molecule has 1 aromatic carbocycles. The molecule has 1 aromatic heterocycles. The number of hydrogen-bond acceptors (Lipinski definition) is 3. The molecule has 1 aliphatic carbocycles. The van der Waals surface area contributed by atoms with Crippen molar-refractivity contribution in [3.05, 3.63) is 42.0 Å². The van der Waals surface area contributed by atoms with Gasteiger partial charge in [-0.05, 0) is 57.4 Å². The van der Waals surface area contributed by atoms with E-state index in [4.69, 9.17) is 5.73 Å². The summed E-state index contributed by atoms with van der Waals surface area (Å²) in [7, 11) is 0. The topological polar surface area (TPSA) is 72.9 Å². The summed E-state index contributed by atoms with van der Waals surface area (Å²) in [6.45, 7) is 4.02. The molecule has 0 bridgehead atoms. The Morgan fingerprint density at radius 2 is 1.95 bits per heavy atom. The molecule has 110 valence electrons. The average Bonchev–Trinajstić information content (AvgIpc) is 2.77. The summed E-state index contributed by atoms with van der Waals surface area (Å²) in [5.41, 5.74) is 9.27. The molecule has 5 nitrogen and oxygen atoms in total. The van der Waals surface area contributed by atoms with Gasteiger partial charge in [-0.3, -0.25) is 4.79 Å². The molecular weight excluding hydrogens is 264 g/mol. The van der Waals surface area contributed by atoms with Crippen LogP contribution in [0.4, 0.5) is 5.69 Å². The van der Waals surface area contributed by atoms with Gasteiger partial charge >= 0.3 is 0 Å². The van der Waals surface area contributed by atoms with Crippen molar-refractivity contribution < 1.29 is 4.79 Å². The van der Waals surface area contributed by atoms with Crippen molar-refractivity contribution >= 4 is 11.6 Å². The SMILES string of the molecule is Cc1ncn(-c2ccc(NC(=O)C3(N)CCC3)cc2)c1C. The molecule has 21 heavy (non-hydrogen) atoms. The van der Waals surface area contributed by atoms with Gasteiger partial charge in [0.1, 0.15) is 0 Å². The lowest BCUT2D eigenvalue weighted by Gasteiger charge is -2.36. The molecule has 0 atom stereocenters. The number of rotatable bonds is 3. The molecular formula is C16H20N4O. The third-order valence-corrected chi connectivity index (χ3v) is 4.35. The van der Waals surface area contributed by atoms with E-state index in [0.29, 0.717) is 0 Å². The quantitative estimate of drug-likeness (QED) is 0.908. The molecule has 5 heteroatoms. The van der Waals surface area contributed by atoms with Crippen molar-refractivity contribution in [3.63, 3.8) is 0 Å². The standard InChI is InChI=1S/C16H20N4O/c1-11-12(2)20(10-18-11)14-6-4-13(5-7-14)19-15(21)16(17)8-3-9-16/h4-7,10H,3,8-9,17H2,1-2H3,(H,19,21). The molecule has 1 heterocycles. The van der Waals surface area contributed by atoms with E-state index < -0.39 is 5.54 Å². The monoisotopic (exact) mass is 284 g/mol. The zero-order valence-electron chi connectivity index (χ0n) is 12.4. The first-order valence-electron chi connectivity index (χ1n) is 7.21. The van der Waals surface area contributed by atoms with E-state index >= 15 is 0 Å². The van der Waals surface area contributed by atoms with Gasteiger partial charge < -0.3 is 15.6 Å². The normalized spacial score (nSPS) is 16.3. The predicted molar refractivity (Wildman–Crippen MR) is 82.4 cm³/mol. The zero-order chi connectivity index (χ0) is 15.0. The number of hydrogen-bond donors (Lipinski definition) is 2. The van der Waals surface area contributed by atoms with E-state index in [1.54, 1.807) is 0 Å². The van der Waals surface area contributed by atoms with Crippen molar-refractivity contribution in [1.82, 2.24) is 9.55 Å². The van der Waals surface area contributed by atoms with Crippen LogP contribution in [-0.2, 0) is 4.79 Å². The molecule has 2 aromatic rings.